The predicted molar refractivity (Wildman–Crippen MR) is 124 cm³/mol. The molecule has 3 rings (SSSR count). The van der Waals surface area contributed by atoms with Gasteiger partial charge in [-0.2, -0.15) is 0 Å². The first-order chi connectivity index (χ1) is 13.6. The summed E-state index contributed by atoms with van der Waals surface area (Å²) < 4.78 is 28.1. The average Bonchev–Trinajstić information content (AvgIpc) is 3.02. The Morgan fingerprint density at radius 3 is 2.59 bits per heavy atom. The molecule has 2 aromatic heterocycles. The van der Waals surface area contributed by atoms with Gasteiger partial charge in [-0.25, -0.2) is 9.37 Å². The topological polar surface area (TPSA) is 36.3 Å². The first-order valence-electron chi connectivity index (χ1n) is 9.06. The fraction of sp³-hybridized carbons (Fsp3) is 0.350. The number of hydrogen-bond donors (Lipinski definition) is 0. The van der Waals surface area contributed by atoms with Gasteiger partial charge in [0.15, 0.2) is 0 Å². The van der Waals surface area contributed by atoms with E-state index in [1.807, 2.05) is 10.8 Å². The summed E-state index contributed by atoms with van der Waals surface area (Å²) in [5.41, 5.74) is 1.89. The summed E-state index contributed by atoms with van der Waals surface area (Å²) in [5, 5.41) is 1.17. The minimum Gasteiger partial charge on any atom is -0.496 e. The molecule has 0 atom stereocenters. The molecule has 0 fully saturated rings. The standard InChI is InChI=1S/C20H22BrCl2FN2O2Si/c1-27-17-8-15(22)16(24)7-12(17)13-10-26(11-28-5-6-29(2,3)4)20-18(13)19(23)14(21)9-25-20/h7-10H,5-6,11H2,1-4H3. The van der Waals surface area contributed by atoms with Gasteiger partial charge in [0, 0.05) is 49.7 Å². The first kappa shape index (κ1) is 22.6. The van der Waals surface area contributed by atoms with Crippen molar-refractivity contribution in [1.82, 2.24) is 9.55 Å². The molecule has 29 heavy (non-hydrogen) atoms. The minimum atomic E-state index is -1.18. The first-order valence-corrected chi connectivity index (χ1v) is 14.3. The highest BCUT2D eigenvalue weighted by Gasteiger charge is 2.21. The van der Waals surface area contributed by atoms with E-state index in [1.54, 1.807) is 6.20 Å². The lowest BCUT2D eigenvalue weighted by Gasteiger charge is -2.15. The number of ether oxygens (including phenoxy) is 2. The molecule has 2 heterocycles. The molecule has 0 aliphatic heterocycles. The molecule has 0 radical (unpaired) electrons. The Kier molecular flexibility index (Phi) is 6.95. The maximum atomic E-state index is 14.3. The zero-order chi connectivity index (χ0) is 21.3. The number of aromatic nitrogens is 2. The number of pyridine rings is 1. The van der Waals surface area contributed by atoms with Crippen LogP contribution in [0.4, 0.5) is 4.39 Å². The fourth-order valence-electron chi connectivity index (χ4n) is 2.95. The lowest BCUT2D eigenvalue weighted by Crippen LogP contribution is -2.22. The van der Waals surface area contributed by atoms with Crippen molar-refractivity contribution in [1.29, 1.82) is 0 Å². The van der Waals surface area contributed by atoms with Crippen molar-refractivity contribution in [3.63, 3.8) is 0 Å². The summed E-state index contributed by atoms with van der Waals surface area (Å²) in [6.07, 6.45) is 3.50. The van der Waals surface area contributed by atoms with Crippen LogP contribution < -0.4 is 4.74 Å². The summed E-state index contributed by atoms with van der Waals surface area (Å²) in [7, 11) is 0.330. The van der Waals surface area contributed by atoms with E-state index >= 15 is 0 Å². The zero-order valence-electron chi connectivity index (χ0n) is 16.7. The van der Waals surface area contributed by atoms with E-state index < -0.39 is 13.9 Å². The van der Waals surface area contributed by atoms with Crippen molar-refractivity contribution in [2.24, 2.45) is 0 Å². The number of methoxy groups -OCH3 is 1. The van der Waals surface area contributed by atoms with Gasteiger partial charge in [-0.05, 0) is 28.0 Å². The Morgan fingerprint density at radius 2 is 1.93 bits per heavy atom. The number of nitrogens with zero attached hydrogens (tertiary/aromatic N) is 2. The number of hydrogen-bond acceptors (Lipinski definition) is 3. The molecule has 0 saturated carbocycles. The second-order valence-corrected chi connectivity index (χ2v) is 15.2. The molecular weight excluding hydrogens is 498 g/mol. The van der Waals surface area contributed by atoms with Crippen LogP contribution in [0.3, 0.4) is 0 Å². The Bertz CT molecular complexity index is 1050. The molecule has 3 aromatic rings. The molecule has 0 bridgehead atoms. The van der Waals surface area contributed by atoms with E-state index in [0.717, 1.165) is 6.04 Å². The Hall–Kier alpha value is -1.12. The molecule has 0 aliphatic carbocycles. The monoisotopic (exact) mass is 518 g/mol. The SMILES string of the molecule is COc1cc(Cl)c(F)cc1-c1cn(COCC[Si](C)(C)C)c2ncc(Br)c(Cl)c12. The van der Waals surface area contributed by atoms with Crippen molar-refractivity contribution >= 4 is 58.2 Å². The van der Waals surface area contributed by atoms with Gasteiger partial charge in [-0.3, -0.25) is 0 Å². The van der Waals surface area contributed by atoms with Crippen LogP contribution in [0.2, 0.25) is 35.7 Å². The molecule has 9 heteroatoms. The smallest absolute Gasteiger partial charge is 0.143 e. The molecule has 0 amide bonds. The van der Waals surface area contributed by atoms with Crippen LogP contribution >= 0.6 is 39.1 Å². The maximum absolute atomic E-state index is 14.3. The van der Waals surface area contributed by atoms with Crippen LogP contribution in [0, 0.1) is 5.82 Å². The number of halogens is 4. The van der Waals surface area contributed by atoms with Gasteiger partial charge >= 0.3 is 0 Å². The molecule has 0 aliphatic rings. The van der Waals surface area contributed by atoms with Crippen molar-refractivity contribution in [3.8, 4) is 16.9 Å². The van der Waals surface area contributed by atoms with Gasteiger partial charge in [0.05, 0.1) is 21.6 Å². The molecule has 156 valence electrons. The van der Waals surface area contributed by atoms with Gasteiger partial charge in [-0.1, -0.05) is 42.8 Å². The van der Waals surface area contributed by atoms with Crippen LogP contribution in [0.25, 0.3) is 22.2 Å². The molecule has 0 saturated heterocycles. The highest BCUT2D eigenvalue weighted by molar-refractivity contribution is 9.10. The zero-order valence-corrected chi connectivity index (χ0v) is 20.8. The van der Waals surface area contributed by atoms with E-state index in [9.17, 15) is 4.39 Å². The van der Waals surface area contributed by atoms with Gasteiger partial charge < -0.3 is 14.0 Å². The van der Waals surface area contributed by atoms with E-state index in [2.05, 4.69) is 40.6 Å². The van der Waals surface area contributed by atoms with E-state index in [-0.39, 0.29) is 5.02 Å². The summed E-state index contributed by atoms with van der Waals surface area (Å²) >= 11 is 15.9. The molecule has 0 unspecified atom stereocenters. The number of fused-ring (bicyclic) bond motifs is 1. The Morgan fingerprint density at radius 1 is 1.21 bits per heavy atom. The van der Waals surface area contributed by atoms with Crippen molar-refractivity contribution in [3.05, 3.63) is 44.9 Å². The van der Waals surface area contributed by atoms with E-state index in [0.29, 0.717) is 50.7 Å². The van der Waals surface area contributed by atoms with E-state index in [4.69, 9.17) is 32.7 Å². The average molecular weight is 520 g/mol. The van der Waals surface area contributed by atoms with Gasteiger partial charge in [-0.15, -0.1) is 0 Å². The molecule has 0 N–H and O–H groups in total. The minimum absolute atomic E-state index is 0.00517. The van der Waals surface area contributed by atoms with Gasteiger partial charge in [0.1, 0.15) is 23.9 Å². The van der Waals surface area contributed by atoms with Crippen LogP contribution in [0.1, 0.15) is 0 Å². The normalized spacial score (nSPS) is 12.0. The third-order valence-electron chi connectivity index (χ3n) is 4.54. The highest BCUT2D eigenvalue weighted by Crippen LogP contribution is 2.42. The second-order valence-electron chi connectivity index (χ2n) is 7.95. The number of benzene rings is 1. The fourth-order valence-corrected chi connectivity index (χ4v) is 4.39. The molecule has 4 nitrogen and oxygen atoms in total. The van der Waals surface area contributed by atoms with Crippen molar-refractivity contribution in [2.75, 3.05) is 13.7 Å². The largest absolute Gasteiger partial charge is 0.496 e. The Labute approximate surface area is 189 Å². The third kappa shape index (κ3) is 4.97. The number of rotatable bonds is 7. The third-order valence-corrected chi connectivity index (χ3v) is 7.75. The lowest BCUT2D eigenvalue weighted by atomic mass is 10.0. The van der Waals surface area contributed by atoms with Gasteiger partial charge in [0.25, 0.3) is 0 Å². The second kappa shape index (κ2) is 8.94. The Balaban J connectivity index is 2.09. The molecular formula is C20H22BrCl2FN2O2Si. The van der Waals surface area contributed by atoms with Crippen LogP contribution in [-0.2, 0) is 11.5 Å². The van der Waals surface area contributed by atoms with E-state index in [1.165, 1.54) is 19.2 Å². The van der Waals surface area contributed by atoms with Crippen LogP contribution in [0.5, 0.6) is 5.75 Å². The van der Waals surface area contributed by atoms with Crippen LogP contribution in [0.15, 0.2) is 29.0 Å². The summed E-state index contributed by atoms with van der Waals surface area (Å²) in [5.74, 6) is -0.0834. The molecule has 1 aromatic carbocycles. The summed E-state index contributed by atoms with van der Waals surface area (Å²) in [4.78, 5) is 4.51. The van der Waals surface area contributed by atoms with Gasteiger partial charge in [0.2, 0.25) is 0 Å². The quantitative estimate of drug-likeness (QED) is 0.244. The lowest BCUT2D eigenvalue weighted by molar-refractivity contribution is 0.0899. The highest BCUT2D eigenvalue weighted by atomic mass is 79.9. The predicted octanol–water partition coefficient (Wildman–Crippen LogP) is 7.23. The molecule has 0 spiro atoms. The van der Waals surface area contributed by atoms with Crippen LogP contribution in [-0.4, -0.2) is 31.3 Å². The van der Waals surface area contributed by atoms with Crippen molar-refractivity contribution in [2.45, 2.75) is 32.4 Å². The van der Waals surface area contributed by atoms with Crippen molar-refractivity contribution < 1.29 is 13.9 Å². The summed E-state index contributed by atoms with van der Waals surface area (Å²) in [6, 6.07) is 3.87. The maximum Gasteiger partial charge on any atom is 0.143 e. The summed E-state index contributed by atoms with van der Waals surface area (Å²) in [6.45, 7) is 7.91.